The van der Waals surface area contributed by atoms with E-state index in [0.29, 0.717) is 12.4 Å². The standard InChI is InChI=1S/C11H15NO5/c1-3-16-7(2)10(13)12-6-8-4-5-9(17-8)11(14)15/h4-5,7H,3,6H2,1-2H3,(H,12,13)(H,14,15). The number of carbonyl (C=O) groups excluding carboxylic acids is 1. The van der Waals surface area contributed by atoms with Crippen molar-refractivity contribution in [1.29, 1.82) is 0 Å². The summed E-state index contributed by atoms with van der Waals surface area (Å²) < 4.78 is 10.1. The Bertz CT molecular complexity index is 398. The molecule has 1 amide bonds. The molecule has 94 valence electrons. The first kappa shape index (κ1) is 13.2. The third kappa shape index (κ3) is 3.92. The summed E-state index contributed by atoms with van der Waals surface area (Å²) in [5.74, 6) is -1.16. The van der Waals surface area contributed by atoms with E-state index in [-0.39, 0.29) is 18.2 Å². The number of ether oxygens (including phenoxy) is 1. The van der Waals surface area contributed by atoms with Gasteiger partial charge in [-0.05, 0) is 26.0 Å². The molecule has 1 heterocycles. The van der Waals surface area contributed by atoms with Gasteiger partial charge in [0.15, 0.2) is 0 Å². The van der Waals surface area contributed by atoms with E-state index in [0.717, 1.165) is 0 Å². The highest BCUT2D eigenvalue weighted by Gasteiger charge is 2.13. The number of hydrogen-bond acceptors (Lipinski definition) is 4. The predicted molar refractivity (Wildman–Crippen MR) is 58.6 cm³/mol. The number of hydrogen-bond donors (Lipinski definition) is 2. The fourth-order valence-electron chi connectivity index (χ4n) is 1.23. The highest BCUT2D eigenvalue weighted by molar-refractivity contribution is 5.84. The lowest BCUT2D eigenvalue weighted by molar-refractivity contribution is -0.131. The van der Waals surface area contributed by atoms with E-state index in [1.165, 1.54) is 12.1 Å². The largest absolute Gasteiger partial charge is 0.475 e. The van der Waals surface area contributed by atoms with Crippen LogP contribution in [-0.4, -0.2) is 29.7 Å². The molecule has 0 saturated carbocycles. The maximum absolute atomic E-state index is 11.5. The maximum Gasteiger partial charge on any atom is 0.371 e. The third-order valence-corrected chi connectivity index (χ3v) is 2.10. The number of rotatable bonds is 6. The fourth-order valence-corrected chi connectivity index (χ4v) is 1.23. The van der Waals surface area contributed by atoms with Gasteiger partial charge in [0.1, 0.15) is 11.9 Å². The van der Waals surface area contributed by atoms with Gasteiger partial charge in [-0.2, -0.15) is 0 Å². The van der Waals surface area contributed by atoms with Gasteiger partial charge in [-0.25, -0.2) is 4.79 Å². The number of amides is 1. The smallest absolute Gasteiger partial charge is 0.371 e. The minimum atomic E-state index is -1.13. The van der Waals surface area contributed by atoms with E-state index in [2.05, 4.69) is 5.32 Å². The van der Waals surface area contributed by atoms with Crippen LogP contribution in [0.2, 0.25) is 0 Å². The predicted octanol–water partition coefficient (Wildman–Crippen LogP) is 1.02. The average Bonchev–Trinajstić information content (AvgIpc) is 2.75. The molecular formula is C11H15NO5. The van der Waals surface area contributed by atoms with Gasteiger partial charge in [-0.3, -0.25) is 4.79 Å². The second-order valence-corrected chi connectivity index (χ2v) is 3.39. The Morgan fingerprint density at radius 3 is 2.76 bits per heavy atom. The van der Waals surface area contributed by atoms with Crippen LogP contribution >= 0.6 is 0 Å². The van der Waals surface area contributed by atoms with Crippen LogP contribution in [0.5, 0.6) is 0 Å². The van der Waals surface area contributed by atoms with Gasteiger partial charge >= 0.3 is 5.97 Å². The molecule has 0 aromatic carbocycles. The third-order valence-electron chi connectivity index (χ3n) is 2.10. The second kappa shape index (κ2) is 6.05. The molecule has 0 saturated heterocycles. The Kier molecular flexibility index (Phi) is 4.71. The summed E-state index contributed by atoms with van der Waals surface area (Å²) in [5.41, 5.74) is 0. The van der Waals surface area contributed by atoms with Gasteiger partial charge in [-0.15, -0.1) is 0 Å². The quantitative estimate of drug-likeness (QED) is 0.776. The number of furan rings is 1. The van der Waals surface area contributed by atoms with Crippen molar-refractivity contribution in [1.82, 2.24) is 5.32 Å². The van der Waals surface area contributed by atoms with Crippen LogP contribution in [-0.2, 0) is 16.1 Å². The zero-order valence-corrected chi connectivity index (χ0v) is 9.73. The van der Waals surface area contributed by atoms with Crippen LogP contribution in [0.3, 0.4) is 0 Å². The number of carboxylic acid groups (broad SMARTS) is 1. The molecule has 2 N–H and O–H groups in total. The van der Waals surface area contributed by atoms with Crippen molar-refractivity contribution in [2.24, 2.45) is 0 Å². The highest BCUT2D eigenvalue weighted by Crippen LogP contribution is 2.07. The number of carboxylic acids is 1. The highest BCUT2D eigenvalue weighted by atomic mass is 16.5. The Labute approximate surface area is 98.6 Å². The van der Waals surface area contributed by atoms with E-state index in [1.54, 1.807) is 13.8 Å². The Balaban J connectivity index is 2.44. The Morgan fingerprint density at radius 2 is 2.24 bits per heavy atom. The summed E-state index contributed by atoms with van der Waals surface area (Å²) in [4.78, 5) is 22.0. The van der Waals surface area contributed by atoms with Crippen LogP contribution in [0, 0.1) is 0 Å². The van der Waals surface area contributed by atoms with E-state index in [4.69, 9.17) is 14.3 Å². The molecule has 1 aromatic heterocycles. The molecule has 17 heavy (non-hydrogen) atoms. The molecule has 0 fully saturated rings. The second-order valence-electron chi connectivity index (χ2n) is 3.39. The van der Waals surface area contributed by atoms with Crippen LogP contribution in [0.25, 0.3) is 0 Å². The Morgan fingerprint density at radius 1 is 1.53 bits per heavy atom. The minimum Gasteiger partial charge on any atom is -0.475 e. The van der Waals surface area contributed by atoms with Crippen molar-refractivity contribution in [2.75, 3.05) is 6.61 Å². The zero-order valence-electron chi connectivity index (χ0n) is 9.73. The molecule has 6 nitrogen and oxygen atoms in total. The molecule has 6 heteroatoms. The first-order chi connectivity index (χ1) is 8.04. The van der Waals surface area contributed by atoms with Gasteiger partial charge < -0.3 is 19.6 Å². The van der Waals surface area contributed by atoms with E-state index in [1.807, 2.05) is 0 Å². The van der Waals surface area contributed by atoms with Crippen molar-refractivity contribution in [2.45, 2.75) is 26.5 Å². The molecule has 0 radical (unpaired) electrons. The van der Waals surface area contributed by atoms with Crippen LogP contribution in [0.1, 0.15) is 30.2 Å². The summed E-state index contributed by atoms with van der Waals surface area (Å²) in [6.07, 6.45) is -0.533. The summed E-state index contributed by atoms with van der Waals surface area (Å²) in [6, 6.07) is 2.85. The summed E-state index contributed by atoms with van der Waals surface area (Å²) in [6.45, 7) is 4.04. The topological polar surface area (TPSA) is 88.8 Å². The fraction of sp³-hybridized carbons (Fsp3) is 0.455. The van der Waals surface area contributed by atoms with Crippen molar-refractivity contribution in [3.63, 3.8) is 0 Å². The molecule has 0 aliphatic carbocycles. The number of carbonyl (C=O) groups is 2. The molecule has 1 atom stereocenters. The number of nitrogens with one attached hydrogen (secondary N) is 1. The number of aromatic carboxylic acids is 1. The van der Waals surface area contributed by atoms with Gasteiger partial charge in [0.05, 0.1) is 6.54 Å². The normalized spacial score (nSPS) is 12.1. The summed E-state index contributed by atoms with van der Waals surface area (Å²) in [7, 11) is 0. The van der Waals surface area contributed by atoms with Crippen molar-refractivity contribution < 1.29 is 23.8 Å². The SMILES string of the molecule is CCOC(C)C(=O)NCc1ccc(C(=O)O)o1. The molecule has 1 rings (SSSR count). The van der Waals surface area contributed by atoms with Gasteiger partial charge in [0, 0.05) is 6.61 Å². The van der Waals surface area contributed by atoms with Gasteiger partial charge in [0.2, 0.25) is 11.7 Å². The molecule has 0 aliphatic rings. The molecule has 1 unspecified atom stereocenters. The molecule has 1 aromatic rings. The Hall–Kier alpha value is -1.82. The summed E-state index contributed by atoms with van der Waals surface area (Å²) in [5, 5.41) is 11.2. The van der Waals surface area contributed by atoms with E-state index < -0.39 is 12.1 Å². The average molecular weight is 241 g/mol. The van der Waals surface area contributed by atoms with Crippen molar-refractivity contribution >= 4 is 11.9 Å². The first-order valence-electron chi connectivity index (χ1n) is 5.26. The van der Waals surface area contributed by atoms with Gasteiger partial charge in [0.25, 0.3) is 0 Å². The van der Waals surface area contributed by atoms with Crippen LogP contribution < -0.4 is 5.32 Å². The van der Waals surface area contributed by atoms with E-state index >= 15 is 0 Å². The molecular weight excluding hydrogens is 226 g/mol. The van der Waals surface area contributed by atoms with Gasteiger partial charge in [-0.1, -0.05) is 0 Å². The molecule has 0 bridgehead atoms. The maximum atomic E-state index is 11.5. The molecule has 0 spiro atoms. The van der Waals surface area contributed by atoms with Crippen LogP contribution in [0.4, 0.5) is 0 Å². The van der Waals surface area contributed by atoms with Crippen molar-refractivity contribution in [3.8, 4) is 0 Å². The lowest BCUT2D eigenvalue weighted by Crippen LogP contribution is -2.33. The lowest BCUT2D eigenvalue weighted by Gasteiger charge is -2.10. The molecule has 0 aliphatic heterocycles. The lowest BCUT2D eigenvalue weighted by atomic mass is 10.3. The first-order valence-corrected chi connectivity index (χ1v) is 5.26. The van der Waals surface area contributed by atoms with Crippen molar-refractivity contribution in [3.05, 3.63) is 23.7 Å². The summed E-state index contributed by atoms with van der Waals surface area (Å²) >= 11 is 0. The van der Waals surface area contributed by atoms with E-state index in [9.17, 15) is 9.59 Å². The zero-order chi connectivity index (χ0) is 12.8. The van der Waals surface area contributed by atoms with Crippen LogP contribution in [0.15, 0.2) is 16.5 Å². The minimum absolute atomic E-state index is 0.142. The monoisotopic (exact) mass is 241 g/mol.